The number of carbonyl (C=O) groups is 2. The van der Waals surface area contributed by atoms with Crippen LogP contribution in [0.5, 0.6) is 0 Å². The largest absolute Gasteiger partial charge is 0.369 e. The molecular formula is C13H29N3O2. The van der Waals surface area contributed by atoms with Crippen molar-refractivity contribution in [2.45, 2.75) is 27.7 Å². The maximum atomic E-state index is 11.2. The molecule has 2 amide bonds. The summed E-state index contributed by atoms with van der Waals surface area (Å²) in [5.74, 6) is -1.75. The van der Waals surface area contributed by atoms with E-state index in [9.17, 15) is 9.59 Å². The fourth-order valence-corrected chi connectivity index (χ4v) is 1.84. The van der Waals surface area contributed by atoms with Gasteiger partial charge in [-0.15, -0.1) is 0 Å². The van der Waals surface area contributed by atoms with Crippen molar-refractivity contribution in [1.29, 1.82) is 0 Å². The van der Waals surface area contributed by atoms with Crippen molar-refractivity contribution in [2.24, 2.45) is 35.1 Å². The number of nitrogens with zero attached hydrogens (tertiary/aromatic N) is 1. The molecule has 0 aromatic carbocycles. The molecule has 0 rings (SSSR count). The predicted octanol–water partition coefficient (Wildman–Crippen LogP) is 0.679. The Kier molecular flexibility index (Phi) is 9.53. The molecule has 0 bridgehead atoms. The second kappa shape index (κ2) is 8.91. The molecule has 5 nitrogen and oxygen atoms in total. The highest BCUT2D eigenvalue weighted by atomic mass is 16.2. The molecular weight excluding hydrogens is 230 g/mol. The van der Waals surface area contributed by atoms with Crippen LogP contribution in [0.15, 0.2) is 0 Å². The summed E-state index contributed by atoms with van der Waals surface area (Å²) < 4.78 is 0. The summed E-state index contributed by atoms with van der Waals surface area (Å²) >= 11 is 0. The Morgan fingerprint density at radius 1 is 0.778 bits per heavy atom. The van der Waals surface area contributed by atoms with E-state index in [0.29, 0.717) is 0 Å². The summed E-state index contributed by atoms with van der Waals surface area (Å²) in [7, 11) is 6.00. The Balaban J connectivity index is 0. The molecule has 0 aliphatic heterocycles. The highest BCUT2D eigenvalue weighted by Crippen LogP contribution is 2.26. The standard InChI is InChI=1S/C10H20N2O2.C3H9N/c1-5(2)7(9(11)13)8(6(3)4)10(12)14;1-4(2)3/h5-8H,1-4H3,(H2,11,13)(H2,12,14);1-3H3. The van der Waals surface area contributed by atoms with Crippen molar-refractivity contribution in [3.63, 3.8) is 0 Å². The molecule has 0 radical (unpaired) electrons. The minimum atomic E-state index is -0.465. The van der Waals surface area contributed by atoms with Gasteiger partial charge in [0.05, 0.1) is 11.8 Å². The van der Waals surface area contributed by atoms with Crippen molar-refractivity contribution in [3.8, 4) is 0 Å². The van der Waals surface area contributed by atoms with Gasteiger partial charge in [-0.05, 0) is 33.0 Å². The Hall–Kier alpha value is -1.10. The molecule has 0 aromatic heterocycles. The summed E-state index contributed by atoms with van der Waals surface area (Å²) in [6.07, 6.45) is 0. The number of hydrogen-bond acceptors (Lipinski definition) is 3. The maximum Gasteiger partial charge on any atom is 0.221 e. The summed E-state index contributed by atoms with van der Waals surface area (Å²) in [5.41, 5.74) is 10.5. The van der Waals surface area contributed by atoms with Gasteiger partial charge < -0.3 is 16.4 Å². The lowest BCUT2D eigenvalue weighted by Crippen LogP contribution is -2.43. The number of primary amides is 2. The number of hydrogen-bond donors (Lipinski definition) is 2. The summed E-state index contributed by atoms with van der Waals surface area (Å²) in [5, 5.41) is 0. The van der Waals surface area contributed by atoms with E-state index >= 15 is 0 Å². The third-order valence-corrected chi connectivity index (χ3v) is 2.48. The van der Waals surface area contributed by atoms with Crippen molar-refractivity contribution in [3.05, 3.63) is 0 Å². The van der Waals surface area contributed by atoms with Gasteiger partial charge in [-0.1, -0.05) is 27.7 Å². The molecule has 0 aliphatic carbocycles. The maximum absolute atomic E-state index is 11.2. The molecule has 5 heteroatoms. The van der Waals surface area contributed by atoms with Crippen LogP contribution in [0.2, 0.25) is 0 Å². The monoisotopic (exact) mass is 259 g/mol. The van der Waals surface area contributed by atoms with Gasteiger partial charge in [-0.25, -0.2) is 0 Å². The second-order valence-electron chi connectivity index (χ2n) is 5.69. The van der Waals surface area contributed by atoms with Crippen molar-refractivity contribution >= 4 is 11.8 Å². The first-order valence-corrected chi connectivity index (χ1v) is 6.21. The number of nitrogens with two attached hydrogens (primary N) is 2. The van der Waals surface area contributed by atoms with Crippen LogP contribution in [0, 0.1) is 23.7 Å². The minimum Gasteiger partial charge on any atom is -0.369 e. The molecule has 0 heterocycles. The van der Waals surface area contributed by atoms with Gasteiger partial charge in [0, 0.05) is 0 Å². The molecule has 0 spiro atoms. The normalized spacial score (nSPS) is 14.1. The molecule has 108 valence electrons. The van der Waals surface area contributed by atoms with Crippen LogP contribution in [-0.4, -0.2) is 37.9 Å². The lowest BCUT2D eigenvalue weighted by Gasteiger charge is -2.27. The average Bonchev–Trinajstić information content (AvgIpc) is 2.09. The molecule has 2 unspecified atom stereocenters. The van der Waals surface area contributed by atoms with Gasteiger partial charge in [-0.2, -0.15) is 0 Å². The number of amides is 2. The van der Waals surface area contributed by atoms with E-state index in [0.717, 1.165) is 0 Å². The third kappa shape index (κ3) is 8.06. The van der Waals surface area contributed by atoms with Gasteiger partial charge in [0.2, 0.25) is 11.8 Å². The Bertz CT molecular complexity index is 236. The van der Waals surface area contributed by atoms with Crippen LogP contribution in [0.4, 0.5) is 0 Å². The lowest BCUT2D eigenvalue weighted by molar-refractivity contribution is -0.134. The predicted molar refractivity (Wildman–Crippen MR) is 74.7 cm³/mol. The first-order valence-electron chi connectivity index (χ1n) is 6.21. The Labute approximate surface area is 111 Å². The van der Waals surface area contributed by atoms with Gasteiger partial charge in [0.1, 0.15) is 0 Å². The van der Waals surface area contributed by atoms with Crippen molar-refractivity contribution in [1.82, 2.24) is 4.90 Å². The average molecular weight is 259 g/mol. The highest BCUT2D eigenvalue weighted by molar-refractivity contribution is 5.86. The summed E-state index contributed by atoms with van der Waals surface area (Å²) in [6.45, 7) is 7.48. The Morgan fingerprint density at radius 2 is 0.944 bits per heavy atom. The van der Waals surface area contributed by atoms with E-state index in [1.165, 1.54) is 0 Å². The number of rotatable bonds is 5. The van der Waals surface area contributed by atoms with Crippen LogP contribution < -0.4 is 11.5 Å². The molecule has 18 heavy (non-hydrogen) atoms. The van der Waals surface area contributed by atoms with Gasteiger partial charge in [-0.3, -0.25) is 9.59 Å². The molecule has 0 saturated carbocycles. The van der Waals surface area contributed by atoms with E-state index in [2.05, 4.69) is 0 Å². The quantitative estimate of drug-likeness (QED) is 0.760. The van der Waals surface area contributed by atoms with Crippen LogP contribution in [-0.2, 0) is 9.59 Å². The van der Waals surface area contributed by atoms with Crippen LogP contribution in [0.3, 0.4) is 0 Å². The van der Waals surface area contributed by atoms with Gasteiger partial charge in [0.15, 0.2) is 0 Å². The van der Waals surface area contributed by atoms with Crippen LogP contribution >= 0.6 is 0 Å². The molecule has 0 saturated heterocycles. The molecule has 2 atom stereocenters. The zero-order valence-electron chi connectivity index (χ0n) is 12.7. The van der Waals surface area contributed by atoms with Gasteiger partial charge >= 0.3 is 0 Å². The smallest absolute Gasteiger partial charge is 0.221 e. The molecule has 0 fully saturated rings. The SMILES string of the molecule is CC(C)C(C(N)=O)C(C(N)=O)C(C)C.CN(C)C. The van der Waals surface area contributed by atoms with E-state index in [-0.39, 0.29) is 11.8 Å². The third-order valence-electron chi connectivity index (χ3n) is 2.48. The highest BCUT2D eigenvalue weighted by Gasteiger charge is 2.35. The Morgan fingerprint density at radius 3 is 1.00 bits per heavy atom. The van der Waals surface area contributed by atoms with E-state index in [1.54, 1.807) is 0 Å². The fraction of sp³-hybridized carbons (Fsp3) is 0.846. The molecule has 0 aliphatic rings. The molecule has 4 N–H and O–H groups in total. The zero-order chi connectivity index (χ0) is 15.0. The topological polar surface area (TPSA) is 89.4 Å². The summed E-state index contributed by atoms with van der Waals surface area (Å²) in [6, 6.07) is 0. The van der Waals surface area contributed by atoms with E-state index in [4.69, 9.17) is 11.5 Å². The first-order chi connectivity index (χ1) is 8.02. The van der Waals surface area contributed by atoms with Gasteiger partial charge in [0.25, 0.3) is 0 Å². The van der Waals surface area contributed by atoms with Crippen LogP contribution in [0.25, 0.3) is 0 Å². The summed E-state index contributed by atoms with van der Waals surface area (Å²) in [4.78, 5) is 24.4. The van der Waals surface area contributed by atoms with E-state index in [1.807, 2.05) is 53.7 Å². The zero-order valence-corrected chi connectivity index (χ0v) is 12.7. The van der Waals surface area contributed by atoms with Crippen molar-refractivity contribution in [2.75, 3.05) is 21.1 Å². The lowest BCUT2D eigenvalue weighted by atomic mass is 9.76. The fourth-order valence-electron chi connectivity index (χ4n) is 1.84. The van der Waals surface area contributed by atoms with E-state index < -0.39 is 23.7 Å². The second-order valence-corrected chi connectivity index (χ2v) is 5.69. The minimum absolute atomic E-state index is 0.0346. The first kappa shape index (κ1) is 19.2. The molecule has 0 aromatic rings. The number of carbonyl (C=O) groups excluding carboxylic acids is 2. The van der Waals surface area contributed by atoms with Crippen molar-refractivity contribution < 1.29 is 9.59 Å². The van der Waals surface area contributed by atoms with Crippen LogP contribution in [0.1, 0.15) is 27.7 Å².